The number of hydrogen-bond acceptors (Lipinski definition) is 2. The number of hydrogen-bond donors (Lipinski definition) is 1. The van der Waals surface area contributed by atoms with E-state index in [9.17, 15) is 5.11 Å². The third-order valence-corrected chi connectivity index (χ3v) is 10.8. The summed E-state index contributed by atoms with van der Waals surface area (Å²) in [4.78, 5) is 0. The van der Waals surface area contributed by atoms with Crippen molar-refractivity contribution in [2.24, 2.45) is 0 Å². The van der Waals surface area contributed by atoms with Gasteiger partial charge in [-0.25, -0.2) is 0 Å². The van der Waals surface area contributed by atoms with E-state index in [1.54, 1.807) is 0 Å². The molecule has 0 aromatic heterocycles. The van der Waals surface area contributed by atoms with Crippen LogP contribution in [0.2, 0.25) is 5.04 Å². The number of aliphatic hydroxyl groups excluding tert-OH is 1. The maximum absolute atomic E-state index is 9.81. The molecule has 3 heteroatoms. The Morgan fingerprint density at radius 3 is 1.73 bits per heavy atom. The molecule has 0 saturated carbocycles. The molecule has 152 valence electrons. The lowest BCUT2D eigenvalue weighted by Gasteiger charge is -2.43. The summed E-state index contributed by atoms with van der Waals surface area (Å²) >= 11 is 0. The van der Waals surface area contributed by atoms with Gasteiger partial charge in [-0.05, 0) is 32.4 Å². The second kappa shape index (κ2) is 8.09. The predicted octanol–water partition coefficient (Wildman–Crippen LogP) is 5.27. The summed E-state index contributed by atoms with van der Waals surface area (Å²) in [6.07, 6.45) is 0. The Kier molecular flexibility index (Phi) is 5.50. The summed E-state index contributed by atoms with van der Waals surface area (Å²) in [6, 6.07) is 33.5. The third kappa shape index (κ3) is 3.45. The van der Waals surface area contributed by atoms with Crippen LogP contribution in [0.3, 0.4) is 0 Å². The van der Waals surface area contributed by atoms with Gasteiger partial charge in [-0.3, -0.25) is 0 Å². The first-order chi connectivity index (χ1) is 14.5. The molecule has 0 aliphatic rings. The standard InChI is InChI=1S/C27H28O2Si/c1-27(2,3)30(22-13-6-4-7-14-22,23-15-8-5-9-16-23)29-26-19-11-17-24-21(20-28)12-10-18-25(24)26/h4-19,28H,20H2,1-3H3. The molecule has 2 nitrogen and oxygen atoms in total. The molecule has 0 heterocycles. The number of benzene rings is 4. The van der Waals surface area contributed by atoms with Gasteiger partial charge in [0.2, 0.25) is 0 Å². The van der Waals surface area contributed by atoms with E-state index in [2.05, 4.69) is 99.6 Å². The smallest absolute Gasteiger partial charge is 0.319 e. The summed E-state index contributed by atoms with van der Waals surface area (Å²) in [6.45, 7) is 6.86. The van der Waals surface area contributed by atoms with Crippen LogP contribution >= 0.6 is 0 Å². The molecule has 0 radical (unpaired) electrons. The van der Waals surface area contributed by atoms with Crippen LogP contribution in [-0.2, 0) is 6.61 Å². The molecule has 30 heavy (non-hydrogen) atoms. The molecule has 4 aromatic carbocycles. The topological polar surface area (TPSA) is 29.5 Å². The quantitative estimate of drug-likeness (QED) is 0.453. The van der Waals surface area contributed by atoms with E-state index < -0.39 is 8.32 Å². The van der Waals surface area contributed by atoms with Crippen molar-refractivity contribution in [2.75, 3.05) is 0 Å². The zero-order chi connectivity index (χ0) is 21.2. The van der Waals surface area contributed by atoms with Crippen LogP contribution in [0, 0.1) is 0 Å². The Bertz CT molecular complexity index is 1090. The molecule has 0 spiro atoms. The first-order valence-electron chi connectivity index (χ1n) is 10.4. The van der Waals surface area contributed by atoms with Crippen LogP contribution in [0.25, 0.3) is 10.8 Å². The van der Waals surface area contributed by atoms with Crippen LogP contribution in [0.4, 0.5) is 0 Å². The predicted molar refractivity (Wildman–Crippen MR) is 128 cm³/mol. The fourth-order valence-electron chi connectivity index (χ4n) is 4.39. The summed E-state index contributed by atoms with van der Waals surface area (Å²) < 4.78 is 7.21. The van der Waals surface area contributed by atoms with Crippen LogP contribution in [0.1, 0.15) is 26.3 Å². The first kappa shape index (κ1) is 20.4. The van der Waals surface area contributed by atoms with Crippen molar-refractivity contribution in [2.45, 2.75) is 32.4 Å². The lowest BCUT2D eigenvalue weighted by molar-refractivity contribution is 0.283. The van der Waals surface area contributed by atoms with E-state index in [4.69, 9.17) is 4.43 Å². The van der Waals surface area contributed by atoms with E-state index in [-0.39, 0.29) is 11.6 Å². The molecule has 0 saturated heterocycles. The van der Waals surface area contributed by atoms with Gasteiger partial charge in [0.1, 0.15) is 5.75 Å². The van der Waals surface area contributed by atoms with Crippen molar-refractivity contribution < 1.29 is 9.53 Å². The summed E-state index contributed by atoms with van der Waals surface area (Å²) in [5.74, 6) is 0.872. The minimum absolute atomic E-state index is 0.0139. The van der Waals surface area contributed by atoms with Crippen molar-refractivity contribution in [3.05, 3.63) is 103 Å². The molecular formula is C27H28O2Si. The molecule has 1 N–H and O–H groups in total. The van der Waals surface area contributed by atoms with Gasteiger partial charge in [0.05, 0.1) is 6.61 Å². The van der Waals surface area contributed by atoms with E-state index in [0.29, 0.717) is 0 Å². The molecule has 0 aliphatic heterocycles. The van der Waals surface area contributed by atoms with Gasteiger partial charge in [-0.1, -0.05) is 112 Å². The molecule has 0 fully saturated rings. The van der Waals surface area contributed by atoms with Gasteiger partial charge in [0.25, 0.3) is 0 Å². The molecule has 4 rings (SSSR count). The van der Waals surface area contributed by atoms with Crippen LogP contribution in [-0.4, -0.2) is 13.4 Å². The maximum atomic E-state index is 9.81. The first-order valence-corrected chi connectivity index (χ1v) is 12.3. The Labute approximate surface area is 179 Å². The second-order valence-electron chi connectivity index (χ2n) is 8.69. The van der Waals surface area contributed by atoms with E-state index in [1.807, 2.05) is 18.2 Å². The minimum atomic E-state index is -2.70. The lowest BCUT2D eigenvalue weighted by atomic mass is 10.0. The van der Waals surface area contributed by atoms with Gasteiger partial charge in [-0.15, -0.1) is 0 Å². The molecule has 4 aromatic rings. The van der Waals surface area contributed by atoms with E-state index in [1.165, 1.54) is 10.4 Å². The van der Waals surface area contributed by atoms with Gasteiger partial charge in [0, 0.05) is 5.39 Å². The summed E-state index contributed by atoms with van der Waals surface area (Å²) in [7, 11) is -2.70. The molecule has 0 bridgehead atoms. The highest BCUT2D eigenvalue weighted by Crippen LogP contribution is 2.39. The fraction of sp³-hybridized carbons (Fsp3) is 0.185. The van der Waals surface area contributed by atoms with Gasteiger partial charge >= 0.3 is 8.32 Å². The lowest BCUT2D eigenvalue weighted by Crippen LogP contribution is -2.68. The van der Waals surface area contributed by atoms with Crippen LogP contribution in [0.15, 0.2) is 97.1 Å². The molecule has 0 aliphatic carbocycles. The average Bonchev–Trinajstić information content (AvgIpc) is 2.77. The minimum Gasteiger partial charge on any atom is -0.534 e. The Balaban J connectivity index is 2.00. The van der Waals surface area contributed by atoms with Gasteiger partial charge in [-0.2, -0.15) is 0 Å². The average molecular weight is 413 g/mol. The van der Waals surface area contributed by atoms with Crippen molar-refractivity contribution in [3.8, 4) is 5.75 Å². The second-order valence-corrected chi connectivity index (χ2v) is 12.9. The SMILES string of the molecule is CC(C)(C)[Si](Oc1cccc2c(CO)cccc12)(c1ccccc1)c1ccccc1. The number of fused-ring (bicyclic) bond motifs is 1. The molecule has 0 amide bonds. The molecular weight excluding hydrogens is 384 g/mol. The number of aliphatic hydroxyl groups is 1. The third-order valence-electron chi connectivity index (χ3n) is 5.82. The van der Waals surface area contributed by atoms with Crippen LogP contribution < -0.4 is 14.8 Å². The van der Waals surface area contributed by atoms with Gasteiger partial charge in [0.15, 0.2) is 0 Å². The Hall–Kier alpha value is -2.88. The summed E-state index contributed by atoms with van der Waals surface area (Å²) in [5.41, 5.74) is 0.917. The van der Waals surface area contributed by atoms with Crippen molar-refractivity contribution in [1.82, 2.24) is 0 Å². The Morgan fingerprint density at radius 2 is 1.20 bits per heavy atom. The normalized spacial score (nSPS) is 12.1. The van der Waals surface area contributed by atoms with Gasteiger partial charge < -0.3 is 9.53 Å². The molecule has 0 unspecified atom stereocenters. The van der Waals surface area contributed by atoms with Crippen molar-refractivity contribution >= 4 is 29.5 Å². The monoisotopic (exact) mass is 412 g/mol. The van der Waals surface area contributed by atoms with Crippen molar-refractivity contribution in [3.63, 3.8) is 0 Å². The Morgan fingerprint density at radius 1 is 0.667 bits per heavy atom. The number of rotatable bonds is 5. The largest absolute Gasteiger partial charge is 0.534 e. The highest BCUT2D eigenvalue weighted by atomic mass is 28.4. The highest BCUT2D eigenvalue weighted by Gasteiger charge is 2.52. The van der Waals surface area contributed by atoms with E-state index in [0.717, 1.165) is 22.1 Å². The fourth-order valence-corrected chi connectivity index (χ4v) is 8.83. The summed E-state index contributed by atoms with van der Waals surface area (Å²) in [5, 5.41) is 14.3. The van der Waals surface area contributed by atoms with Crippen LogP contribution in [0.5, 0.6) is 5.75 Å². The van der Waals surface area contributed by atoms with Crippen molar-refractivity contribution in [1.29, 1.82) is 0 Å². The van der Waals surface area contributed by atoms with E-state index >= 15 is 0 Å². The highest BCUT2D eigenvalue weighted by molar-refractivity contribution is 7.00. The molecule has 0 atom stereocenters. The maximum Gasteiger partial charge on any atom is 0.319 e. The zero-order valence-corrected chi connectivity index (χ0v) is 18.8. The zero-order valence-electron chi connectivity index (χ0n) is 17.8.